The van der Waals surface area contributed by atoms with Gasteiger partial charge < -0.3 is 9.84 Å². The molecule has 152 valence electrons. The largest absolute Gasteiger partial charge is 0.508 e. The van der Waals surface area contributed by atoms with Crippen LogP contribution in [-0.4, -0.2) is 11.1 Å². The van der Waals surface area contributed by atoms with Crippen LogP contribution >= 0.6 is 0 Å². The number of hydrogen-bond donors (Lipinski definition) is 1. The maximum absolute atomic E-state index is 12.3. The Bertz CT molecular complexity index is 691. The molecule has 0 aromatic heterocycles. The third-order valence-corrected chi connectivity index (χ3v) is 5.08. The molecule has 2 aromatic carbocycles. The van der Waals surface area contributed by atoms with Gasteiger partial charge in [-0.05, 0) is 48.7 Å². The number of para-hydroxylation sites is 1. The number of aryl methyl sites for hydroxylation is 1. The molecule has 0 unspecified atom stereocenters. The van der Waals surface area contributed by atoms with Crippen molar-refractivity contribution >= 4 is 5.97 Å². The average Bonchev–Trinajstić information content (AvgIpc) is 2.71. The topological polar surface area (TPSA) is 46.5 Å². The van der Waals surface area contributed by atoms with E-state index in [0.29, 0.717) is 11.3 Å². The summed E-state index contributed by atoms with van der Waals surface area (Å²) in [6.45, 7) is 2.26. The number of ether oxygens (including phenoxy) is 1. The Hall–Kier alpha value is -2.29. The second kappa shape index (κ2) is 13.0. The zero-order valence-corrected chi connectivity index (χ0v) is 17.2. The molecule has 2 rings (SSSR count). The maximum atomic E-state index is 12.3. The van der Waals surface area contributed by atoms with Gasteiger partial charge in [0.05, 0.1) is 5.56 Å². The molecule has 0 aliphatic rings. The first-order chi connectivity index (χ1) is 13.7. The highest BCUT2D eigenvalue weighted by Gasteiger charge is 2.11. The number of carbonyl (C=O) groups is 1. The second-order valence-electron chi connectivity index (χ2n) is 7.48. The van der Waals surface area contributed by atoms with Crippen molar-refractivity contribution in [1.82, 2.24) is 0 Å². The number of carbonyl (C=O) groups excluding carboxylic acids is 1. The van der Waals surface area contributed by atoms with Crippen LogP contribution in [0.15, 0.2) is 48.5 Å². The van der Waals surface area contributed by atoms with E-state index < -0.39 is 5.97 Å². The summed E-state index contributed by atoms with van der Waals surface area (Å²) in [7, 11) is 0. The van der Waals surface area contributed by atoms with Crippen LogP contribution in [0.25, 0.3) is 0 Å². The third kappa shape index (κ3) is 8.16. The highest BCUT2D eigenvalue weighted by molar-refractivity contribution is 5.91. The summed E-state index contributed by atoms with van der Waals surface area (Å²) in [5.41, 5.74) is 1.51. The van der Waals surface area contributed by atoms with E-state index in [1.165, 1.54) is 69.9 Å². The normalized spacial score (nSPS) is 10.8. The van der Waals surface area contributed by atoms with Crippen LogP contribution in [0.2, 0.25) is 0 Å². The molecule has 0 aliphatic carbocycles. The molecule has 0 radical (unpaired) electrons. The van der Waals surface area contributed by atoms with Crippen molar-refractivity contribution in [2.24, 2.45) is 0 Å². The Kier molecular flexibility index (Phi) is 10.2. The number of benzene rings is 2. The quantitative estimate of drug-likeness (QED) is 0.229. The van der Waals surface area contributed by atoms with Crippen molar-refractivity contribution in [3.63, 3.8) is 0 Å². The van der Waals surface area contributed by atoms with Crippen molar-refractivity contribution in [2.45, 2.75) is 77.6 Å². The van der Waals surface area contributed by atoms with E-state index in [1.54, 1.807) is 12.1 Å². The lowest BCUT2D eigenvalue weighted by atomic mass is 10.0. The molecule has 1 N–H and O–H groups in total. The highest BCUT2D eigenvalue weighted by atomic mass is 16.5. The molecule has 3 nitrogen and oxygen atoms in total. The first-order valence-corrected chi connectivity index (χ1v) is 10.8. The van der Waals surface area contributed by atoms with Gasteiger partial charge in [0, 0.05) is 0 Å². The van der Waals surface area contributed by atoms with Crippen molar-refractivity contribution in [3.05, 3.63) is 59.7 Å². The van der Waals surface area contributed by atoms with Gasteiger partial charge in [-0.1, -0.05) is 82.9 Å². The van der Waals surface area contributed by atoms with E-state index >= 15 is 0 Å². The summed E-state index contributed by atoms with van der Waals surface area (Å²) in [6.07, 6.45) is 14.0. The molecule has 0 saturated heterocycles. The van der Waals surface area contributed by atoms with Gasteiger partial charge in [0.1, 0.15) is 11.5 Å². The summed E-state index contributed by atoms with van der Waals surface area (Å²) in [5, 5.41) is 9.34. The molecule has 0 bridgehead atoms. The van der Waals surface area contributed by atoms with Crippen LogP contribution in [0.1, 0.15) is 87.1 Å². The first-order valence-electron chi connectivity index (χ1n) is 10.8. The zero-order valence-electron chi connectivity index (χ0n) is 17.2. The predicted octanol–water partition coefficient (Wildman–Crippen LogP) is 7.07. The summed E-state index contributed by atoms with van der Waals surface area (Å²) in [4.78, 5) is 12.3. The fourth-order valence-electron chi connectivity index (χ4n) is 3.37. The number of hydrogen-bond acceptors (Lipinski definition) is 3. The Morgan fingerprint density at radius 3 is 2.00 bits per heavy atom. The number of rotatable bonds is 13. The van der Waals surface area contributed by atoms with E-state index in [2.05, 4.69) is 6.92 Å². The van der Waals surface area contributed by atoms with Crippen molar-refractivity contribution in [3.8, 4) is 11.5 Å². The van der Waals surface area contributed by atoms with Gasteiger partial charge in [-0.3, -0.25) is 0 Å². The van der Waals surface area contributed by atoms with Gasteiger partial charge in [-0.25, -0.2) is 4.79 Å². The van der Waals surface area contributed by atoms with Crippen molar-refractivity contribution in [1.29, 1.82) is 0 Å². The molecule has 0 saturated carbocycles. The van der Waals surface area contributed by atoms with Crippen LogP contribution < -0.4 is 4.74 Å². The van der Waals surface area contributed by atoms with Crippen molar-refractivity contribution in [2.75, 3.05) is 0 Å². The van der Waals surface area contributed by atoms with Gasteiger partial charge in [0.15, 0.2) is 0 Å². The monoisotopic (exact) mass is 382 g/mol. The molecule has 0 fully saturated rings. The van der Waals surface area contributed by atoms with E-state index in [-0.39, 0.29) is 5.75 Å². The smallest absolute Gasteiger partial charge is 0.343 e. The van der Waals surface area contributed by atoms with Crippen LogP contribution in [-0.2, 0) is 6.42 Å². The maximum Gasteiger partial charge on any atom is 0.343 e. The van der Waals surface area contributed by atoms with Gasteiger partial charge in [0.25, 0.3) is 0 Å². The molecule has 0 atom stereocenters. The van der Waals surface area contributed by atoms with E-state index in [4.69, 9.17) is 4.74 Å². The lowest BCUT2D eigenvalue weighted by molar-refractivity contribution is 0.0733. The minimum absolute atomic E-state index is 0.137. The van der Waals surface area contributed by atoms with Gasteiger partial charge in [0.2, 0.25) is 0 Å². The molecule has 0 heterocycles. The fraction of sp³-hybridized carbons (Fsp3) is 0.480. The Labute approximate surface area is 169 Å². The summed E-state index contributed by atoms with van der Waals surface area (Å²) in [5.74, 6) is 0.380. The highest BCUT2D eigenvalue weighted by Crippen LogP contribution is 2.22. The Morgan fingerprint density at radius 1 is 0.786 bits per heavy atom. The fourth-order valence-corrected chi connectivity index (χ4v) is 3.37. The van der Waals surface area contributed by atoms with Gasteiger partial charge in [-0.15, -0.1) is 0 Å². The SMILES string of the molecule is CCCCCCCCCCCCc1ccccc1OC(=O)c1ccc(O)cc1. The molecule has 0 amide bonds. The van der Waals surface area contributed by atoms with Crippen LogP contribution in [0, 0.1) is 0 Å². The Morgan fingerprint density at radius 2 is 1.36 bits per heavy atom. The van der Waals surface area contributed by atoms with Crippen molar-refractivity contribution < 1.29 is 14.6 Å². The van der Waals surface area contributed by atoms with E-state index in [1.807, 2.05) is 24.3 Å². The van der Waals surface area contributed by atoms with Gasteiger partial charge in [-0.2, -0.15) is 0 Å². The number of phenols is 1. The molecule has 0 spiro atoms. The molecule has 2 aromatic rings. The number of unbranched alkanes of at least 4 members (excludes halogenated alkanes) is 9. The lowest BCUT2D eigenvalue weighted by Gasteiger charge is -2.10. The van der Waals surface area contributed by atoms with E-state index in [0.717, 1.165) is 18.4 Å². The summed E-state index contributed by atoms with van der Waals surface area (Å²) < 4.78 is 5.59. The standard InChI is InChI=1S/C25H34O3/c1-2-3-4-5-6-7-8-9-10-11-14-21-15-12-13-16-24(21)28-25(27)22-17-19-23(26)20-18-22/h12-13,15-20,26H,2-11,14H2,1H3. The number of esters is 1. The van der Waals surface area contributed by atoms with Crippen LogP contribution in [0.3, 0.4) is 0 Å². The lowest BCUT2D eigenvalue weighted by Crippen LogP contribution is -2.09. The summed E-state index contributed by atoms with van der Waals surface area (Å²) in [6, 6.07) is 13.9. The number of phenolic OH excluding ortho intramolecular Hbond substituents is 1. The van der Waals surface area contributed by atoms with Gasteiger partial charge >= 0.3 is 5.97 Å². The first kappa shape index (κ1) is 22.0. The minimum Gasteiger partial charge on any atom is -0.508 e. The Balaban J connectivity index is 1.70. The van der Waals surface area contributed by atoms with Crippen LogP contribution in [0.4, 0.5) is 0 Å². The molecule has 3 heteroatoms. The third-order valence-electron chi connectivity index (χ3n) is 5.08. The summed E-state index contributed by atoms with van der Waals surface area (Å²) >= 11 is 0. The molecular weight excluding hydrogens is 348 g/mol. The second-order valence-corrected chi connectivity index (χ2v) is 7.48. The zero-order chi connectivity index (χ0) is 20.0. The molecule has 0 aliphatic heterocycles. The number of aromatic hydroxyl groups is 1. The predicted molar refractivity (Wildman–Crippen MR) is 115 cm³/mol. The molecular formula is C25H34O3. The molecule has 28 heavy (non-hydrogen) atoms. The minimum atomic E-state index is -0.393. The van der Waals surface area contributed by atoms with Crippen LogP contribution in [0.5, 0.6) is 11.5 Å². The van der Waals surface area contributed by atoms with E-state index in [9.17, 15) is 9.90 Å². The average molecular weight is 383 g/mol.